The molecule has 0 bridgehead atoms. The third kappa shape index (κ3) is 4.02. The highest BCUT2D eigenvalue weighted by molar-refractivity contribution is 7.73. The molecule has 5 heteroatoms. The zero-order valence-corrected chi connectivity index (χ0v) is 14.2. The van der Waals surface area contributed by atoms with Crippen molar-refractivity contribution in [2.24, 2.45) is 0 Å². The fourth-order valence-corrected chi connectivity index (χ4v) is 3.07. The third-order valence-electron chi connectivity index (χ3n) is 3.45. The highest BCUT2D eigenvalue weighted by Gasteiger charge is 2.12. The van der Waals surface area contributed by atoms with Crippen LogP contribution in [-0.4, -0.2) is 16.5 Å². The molecule has 2 aromatic rings. The van der Waals surface area contributed by atoms with E-state index in [4.69, 9.17) is 12.2 Å². The van der Waals surface area contributed by atoms with E-state index in [1.165, 1.54) is 16.9 Å². The Kier molecular flexibility index (Phi) is 5.31. The number of thiazole rings is 1. The van der Waals surface area contributed by atoms with Crippen LogP contribution in [0.3, 0.4) is 0 Å². The molecule has 1 N–H and O–H groups in total. The Labute approximate surface area is 134 Å². The quantitative estimate of drug-likeness (QED) is 0.839. The predicted molar refractivity (Wildman–Crippen MR) is 91.2 cm³/mol. The molecule has 0 fully saturated rings. The van der Waals surface area contributed by atoms with Gasteiger partial charge in [-0.3, -0.25) is 4.79 Å². The summed E-state index contributed by atoms with van der Waals surface area (Å²) in [6, 6.07) is 8.46. The van der Waals surface area contributed by atoms with Crippen LogP contribution in [-0.2, 0) is 11.3 Å². The number of hydrogen-bond donors (Lipinski definition) is 1. The SMILES string of the molecule is CC[C@@H](C)NC(=O)Cn1c(-c2ccc(C)cc2)csc1=S. The van der Waals surface area contributed by atoms with Gasteiger partial charge < -0.3 is 9.88 Å². The van der Waals surface area contributed by atoms with Gasteiger partial charge in [0.15, 0.2) is 3.95 Å². The van der Waals surface area contributed by atoms with E-state index >= 15 is 0 Å². The van der Waals surface area contributed by atoms with E-state index in [-0.39, 0.29) is 18.5 Å². The van der Waals surface area contributed by atoms with Crippen molar-refractivity contribution in [1.82, 2.24) is 9.88 Å². The summed E-state index contributed by atoms with van der Waals surface area (Å²) < 4.78 is 2.63. The molecule has 21 heavy (non-hydrogen) atoms. The lowest BCUT2D eigenvalue weighted by Gasteiger charge is -2.13. The van der Waals surface area contributed by atoms with Crippen LogP contribution in [0.1, 0.15) is 25.8 Å². The average Bonchev–Trinajstić information content (AvgIpc) is 2.81. The van der Waals surface area contributed by atoms with Crippen molar-refractivity contribution in [1.29, 1.82) is 0 Å². The van der Waals surface area contributed by atoms with Crippen LogP contribution in [0.5, 0.6) is 0 Å². The van der Waals surface area contributed by atoms with E-state index in [2.05, 4.69) is 43.4 Å². The maximum atomic E-state index is 12.1. The number of carbonyl (C=O) groups excluding carboxylic acids is 1. The second-order valence-corrected chi connectivity index (χ2v) is 6.72. The molecule has 0 saturated carbocycles. The number of amides is 1. The molecule has 1 aromatic carbocycles. The Bertz CT molecular complexity index is 670. The highest BCUT2D eigenvalue weighted by atomic mass is 32.1. The Morgan fingerprint density at radius 3 is 2.67 bits per heavy atom. The van der Waals surface area contributed by atoms with Gasteiger partial charge in [-0.2, -0.15) is 0 Å². The number of nitrogens with zero attached hydrogens (tertiary/aromatic N) is 1. The van der Waals surface area contributed by atoms with Gasteiger partial charge in [0.1, 0.15) is 6.54 Å². The van der Waals surface area contributed by atoms with Gasteiger partial charge in [0, 0.05) is 11.4 Å². The molecule has 0 radical (unpaired) electrons. The molecule has 1 heterocycles. The monoisotopic (exact) mass is 320 g/mol. The maximum Gasteiger partial charge on any atom is 0.240 e. The molecule has 0 spiro atoms. The fraction of sp³-hybridized carbons (Fsp3) is 0.375. The number of benzene rings is 1. The van der Waals surface area contributed by atoms with Gasteiger partial charge in [0.05, 0.1) is 5.69 Å². The lowest BCUT2D eigenvalue weighted by atomic mass is 10.1. The first-order chi connectivity index (χ1) is 10.0. The van der Waals surface area contributed by atoms with E-state index in [0.29, 0.717) is 0 Å². The molecule has 0 unspecified atom stereocenters. The first-order valence-electron chi connectivity index (χ1n) is 7.06. The molecule has 0 saturated heterocycles. The zero-order chi connectivity index (χ0) is 15.4. The van der Waals surface area contributed by atoms with Crippen molar-refractivity contribution in [2.45, 2.75) is 39.8 Å². The Morgan fingerprint density at radius 1 is 1.38 bits per heavy atom. The molecule has 1 atom stereocenters. The Morgan fingerprint density at radius 2 is 2.05 bits per heavy atom. The van der Waals surface area contributed by atoms with Gasteiger partial charge in [-0.05, 0) is 38.0 Å². The lowest BCUT2D eigenvalue weighted by Crippen LogP contribution is -2.34. The molecule has 0 aliphatic carbocycles. The minimum atomic E-state index is 0.00668. The Balaban J connectivity index is 2.24. The maximum absolute atomic E-state index is 12.1. The average molecular weight is 320 g/mol. The lowest BCUT2D eigenvalue weighted by molar-refractivity contribution is -0.122. The topological polar surface area (TPSA) is 34.0 Å². The number of aryl methyl sites for hydroxylation is 1. The van der Waals surface area contributed by atoms with Crippen LogP contribution in [0.4, 0.5) is 0 Å². The molecular formula is C16H20N2OS2. The largest absolute Gasteiger partial charge is 0.352 e. The zero-order valence-electron chi connectivity index (χ0n) is 12.6. The van der Waals surface area contributed by atoms with Crippen molar-refractivity contribution in [3.63, 3.8) is 0 Å². The van der Waals surface area contributed by atoms with Gasteiger partial charge in [0.25, 0.3) is 0 Å². The Hall–Kier alpha value is -1.46. The van der Waals surface area contributed by atoms with Crippen molar-refractivity contribution >= 4 is 29.5 Å². The highest BCUT2D eigenvalue weighted by Crippen LogP contribution is 2.24. The molecular weight excluding hydrogens is 300 g/mol. The number of rotatable bonds is 5. The van der Waals surface area contributed by atoms with Crippen LogP contribution in [0.15, 0.2) is 29.6 Å². The van der Waals surface area contributed by atoms with Crippen molar-refractivity contribution in [2.75, 3.05) is 0 Å². The van der Waals surface area contributed by atoms with Crippen molar-refractivity contribution in [3.8, 4) is 11.3 Å². The predicted octanol–water partition coefficient (Wildman–Crippen LogP) is 4.17. The van der Waals surface area contributed by atoms with Crippen LogP contribution >= 0.6 is 23.6 Å². The molecule has 0 aliphatic rings. The smallest absolute Gasteiger partial charge is 0.240 e. The number of aromatic nitrogens is 1. The number of hydrogen-bond acceptors (Lipinski definition) is 3. The summed E-state index contributed by atoms with van der Waals surface area (Å²) in [5.41, 5.74) is 3.31. The van der Waals surface area contributed by atoms with Crippen LogP contribution in [0.2, 0.25) is 0 Å². The van der Waals surface area contributed by atoms with Crippen molar-refractivity contribution < 1.29 is 4.79 Å². The normalized spacial score (nSPS) is 12.1. The minimum absolute atomic E-state index is 0.00668. The third-order valence-corrected chi connectivity index (χ3v) is 4.72. The number of nitrogens with one attached hydrogen (secondary N) is 1. The van der Waals surface area contributed by atoms with Gasteiger partial charge >= 0.3 is 0 Å². The van der Waals surface area contributed by atoms with Crippen molar-refractivity contribution in [3.05, 3.63) is 39.2 Å². The first-order valence-corrected chi connectivity index (χ1v) is 8.34. The van der Waals surface area contributed by atoms with E-state index in [1.807, 2.05) is 16.9 Å². The molecule has 0 aliphatic heterocycles. The van der Waals surface area contributed by atoms with E-state index in [1.54, 1.807) is 0 Å². The summed E-state index contributed by atoms with van der Waals surface area (Å²) in [7, 11) is 0. The minimum Gasteiger partial charge on any atom is -0.352 e. The van der Waals surface area contributed by atoms with Gasteiger partial charge in [-0.1, -0.05) is 36.8 Å². The molecule has 1 amide bonds. The van der Waals surface area contributed by atoms with E-state index < -0.39 is 0 Å². The van der Waals surface area contributed by atoms with Crippen LogP contribution in [0, 0.1) is 10.9 Å². The molecule has 2 rings (SSSR count). The summed E-state index contributed by atoms with van der Waals surface area (Å²) >= 11 is 6.85. The van der Waals surface area contributed by atoms with Gasteiger partial charge in [0.2, 0.25) is 5.91 Å². The summed E-state index contributed by atoms with van der Waals surface area (Å²) in [5.74, 6) is 0.00668. The fourth-order valence-electron chi connectivity index (χ4n) is 2.00. The van der Waals surface area contributed by atoms with Crippen LogP contribution < -0.4 is 5.32 Å². The first kappa shape index (κ1) is 15.9. The second kappa shape index (κ2) is 7.00. The number of carbonyl (C=O) groups is 1. The second-order valence-electron chi connectivity index (χ2n) is 5.22. The summed E-state index contributed by atoms with van der Waals surface area (Å²) in [4.78, 5) is 12.1. The standard InChI is InChI=1S/C16H20N2OS2/c1-4-12(3)17-15(19)9-18-14(10-21-16(18)20)13-7-5-11(2)6-8-13/h5-8,10,12H,4,9H2,1-3H3,(H,17,19)/t12-/m1/s1. The summed E-state index contributed by atoms with van der Waals surface area (Å²) in [6.07, 6.45) is 0.922. The van der Waals surface area contributed by atoms with Gasteiger partial charge in [-0.25, -0.2) is 0 Å². The summed E-state index contributed by atoms with van der Waals surface area (Å²) in [6.45, 7) is 6.39. The van der Waals surface area contributed by atoms with E-state index in [0.717, 1.165) is 21.6 Å². The molecule has 3 nitrogen and oxygen atoms in total. The van der Waals surface area contributed by atoms with E-state index in [9.17, 15) is 4.79 Å². The molecule has 112 valence electrons. The summed E-state index contributed by atoms with van der Waals surface area (Å²) in [5, 5.41) is 5.00. The molecule has 1 aromatic heterocycles. The van der Waals surface area contributed by atoms with Gasteiger partial charge in [-0.15, -0.1) is 11.3 Å². The van der Waals surface area contributed by atoms with Crippen LogP contribution in [0.25, 0.3) is 11.3 Å².